The Morgan fingerprint density at radius 3 is 2.79 bits per heavy atom. The Morgan fingerprint density at radius 1 is 1.37 bits per heavy atom. The summed E-state index contributed by atoms with van der Waals surface area (Å²) in [6, 6.07) is 5.39. The third-order valence-electron chi connectivity index (χ3n) is 4.45. The van der Waals surface area contributed by atoms with Gasteiger partial charge in [0.15, 0.2) is 0 Å². The third kappa shape index (κ3) is 1.89. The molecule has 0 bridgehead atoms. The fourth-order valence-corrected chi connectivity index (χ4v) is 3.00. The molecular formula is C14H17N3O2. The van der Waals surface area contributed by atoms with Gasteiger partial charge in [-0.05, 0) is 42.9 Å². The van der Waals surface area contributed by atoms with Crippen molar-refractivity contribution in [3.63, 3.8) is 0 Å². The molecule has 3 unspecified atom stereocenters. The lowest BCUT2D eigenvalue weighted by Gasteiger charge is -2.18. The second-order valence-corrected chi connectivity index (χ2v) is 5.52. The number of fused-ring (bicyclic) bond motifs is 1. The van der Waals surface area contributed by atoms with Gasteiger partial charge in [0.05, 0.1) is 17.1 Å². The SMILES string of the molecule is CC1CCC(n2nnc3cc(C(=O)O)ccc32)C1C. The van der Waals surface area contributed by atoms with Crippen LogP contribution in [-0.2, 0) is 0 Å². The molecule has 0 amide bonds. The predicted molar refractivity (Wildman–Crippen MR) is 71.1 cm³/mol. The average Bonchev–Trinajstić information content (AvgIpc) is 2.94. The maximum absolute atomic E-state index is 10.9. The molecule has 1 aromatic carbocycles. The van der Waals surface area contributed by atoms with Crippen LogP contribution in [0.5, 0.6) is 0 Å². The number of carboxylic acids is 1. The molecule has 5 nitrogen and oxygen atoms in total. The number of carboxylic acid groups (broad SMARTS) is 1. The van der Waals surface area contributed by atoms with Crippen LogP contribution >= 0.6 is 0 Å². The maximum Gasteiger partial charge on any atom is 0.335 e. The lowest BCUT2D eigenvalue weighted by atomic mass is 9.98. The van der Waals surface area contributed by atoms with Gasteiger partial charge in [-0.2, -0.15) is 0 Å². The highest BCUT2D eigenvalue weighted by Gasteiger charge is 2.32. The van der Waals surface area contributed by atoms with Crippen molar-refractivity contribution in [3.05, 3.63) is 23.8 Å². The topological polar surface area (TPSA) is 68.0 Å². The molecule has 0 saturated heterocycles. The van der Waals surface area contributed by atoms with E-state index in [4.69, 9.17) is 5.11 Å². The molecule has 100 valence electrons. The van der Waals surface area contributed by atoms with E-state index >= 15 is 0 Å². The van der Waals surface area contributed by atoms with Crippen molar-refractivity contribution < 1.29 is 9.90 Å². The minimum Gasteiger partial charge on any atom is -0.478 e. The molecule has 19 heavy (non-hydrogen) atoms. The van der Waals surface area contributed by atoms with Gasteiger partial charge in [-0.3, -0.25) is 0 Å². The van der Waals surface area contributed by atoms with Crippen molar-refractivity contribution >= 4 is 17.0 Å². The summed E-state index contributed by atoms with van der Waals surface area (Å²) in [5.74, 6) is 0.339. The molecule has 1 fully saturated rings. The van der Waals surface area contributed by atoms with E-state index in [2.05, 4.69) is 24.2 Å². The summed E-state index contributed by atoms with van der Waals surface area (Å²) in [7, 11) is 0. The van der Waals surface area contributed by atoms with E-state index < -0.39 is 5.97 Å². The Balaban J connectivity index is 2.04. The summed E-state index contributed by atoms with van der Waals surface area (Å²) in [4.78, 5) is 10.9. The van der Waals surface area contributed by atoms with Gasteiger partial charge in [-0.15, -0.1) is 5.10 Å². The molecule has 1 aromatic heterocycles. The van der Waals surface area contributed by atoms with Gasteiger partial charge in [0.25, 0.3) is 0 Å². The second kappa shape index (κ2) is 4.33. The van der Waals surface area contributed by atoms with Crippen LogP contribution in [0.1, 0.15) is 43.1 Å². The number of benzene rings is 1. The zero-order chi connectivity index (χ0) is 13.6. The highest BCUT2D eigenvalue weighted by Crippen LogP contribution is 2.40. The summed E-state index contributed by atoms with van der Waals surface area (Å²) in [6.45, 7) is 4.52. The zero-order valence-corrected chi connectivity index (χ0v) is 11.1. The molecule has 0 aliphatic heterocycles. The Labute approximate surface area is 111 Å². The Bertz CT molecular complexity index is 635. The number of carbonyl (C=O) groups is 1. The van der Waals surface area contributed by atoms with Crippen LogP contribution in [0, 0.1) is 11.8 Å². The fraction of sp³-hybridized carbons (Fsp3) is 0.500. The van der Waals surface area contributed by atoms with Crippen LogP contribution in [-0.4, -0.2) is 26.1 Å². The molecule has 3 atom stereocenters. The Hall–Kier alpha value is -1.91. The van der Waals surface area contributed by atoms with E-state index in [1.165, 1.54) is 6.42 Å². The number of aromatic carboxylic acids is 1. The number of hydrogen-bond donors (Lipinski definition) is 1. The highest BCUT2D eigenvalue weighted by molar-refractivity contribution is 5.92. The molecule has 3 rings (SSSR count). The molecule has 5 heteroatoms. The Morgan fingerprint density at radius 2 is 2.16 bits per heavy atom. The van der Waals surface area contributed by atoms with Crippen LogP contribution in [0.25, 0.3) is 11.0 Å². The van der Waals surface area contributed by atoms with Crippen molar-refractivity contribution in [1.29, 1.82) is 0 Å². The van der Waals surface area contributed by atoms with Crippen molar-refractivity contribution in [1.82, 2.24) is 15.0 Å². The largest absolute Gasteiger partial charge is 0.478 e. The standard InChI is InChI=1S/C14H17N3O2/c1-8-3-5-12(9(8)2)17-13-6-4-10(14(18)19)7-11(13)15-16-17/h4,6-9,12H,3,5H2,1-2H3,(H,18,19). The first-order chi connectivity index (χ1) is 9.08. The number of rotatable bonds is 2. The molecule has 0 spiro atoms. The van der Waals surface area contributed by atoms with E-state index in [-0.39, 0.29) is 5.56 Å². The van der Waals surface area contributed by atoms with Crippen LogP contribution in [0.2, 0.25) is 0 Å². The van der Waals surface area contributed by atoms with Crippen molar-refractivity contribution in [2.24, 2.45) is 11.8 Å². The smallest absolute Gasteiger partial charge is 0.335 e. The highest BCUT2D eigenvalue weighted by atomic mass is 16.4. The van der Waals surface area contributed by atoms with Gasteiger partial charge in [0, 0.05) is 0 Å². The summed E-state index contributed by atoms with van der Waals surface area (Å²) in [5, 5.41) is 17.3. The molecule has 1 N–H and O–H groups in total. The van der Waals surface area contributed by atoms with E-state index in [0.717, 1.165) is 11.9 Å². The third-order valence-corrected chi connectivity index (χ3v) is 4.45. The van der Waals surface area contributed by atoms with Gasteiger partial charge in [-0.25, -0.2) is 9.48 Å². The first-order valence-electron chi connectivity index (χ1n) is 6.66. The number of aromatic nitrogens is 3. The minimum atomic E-state index is -0.931. The van der Waals surface area contributed by atoms with Crippen molar-refractivity contribution in [2.45, 2.75) is 32.7 Å². The normalized spacial score (nSPS) is 26.9. The summed E-state index contributed by atoms with van der Waals surface area (Å²) in [6.07, 6.45) is 2.32. The van der Waals surface area contributed by atoms with Crippen LogP contribution in [0.3, 0.4) is 0 Å². The van der Waals surface area contributed by atoms with Crippen LogP contribution < -0.4 is 0 Å². The van der Waals surface area contributed by atoms with E-state index in [0.29, 0.717) is 23.4 Å². The van der Waals surface area contributed by atoms with Gasteiger partial charge in [-0.1, -0.05) is 19.1 Å². The zero-order valence-electron chi connectivity index (χ0n) is 11.1. The average molecular weight is 259 g/mol. The first-order valence-corrected chi connectivity index (χ1v) is 6.66. The Kier molecular flexibility index (Phi) is 2.77. The molecule has 1 aliphatic carbocycles. The van der Waals surface area contributed by atoms with Crippen LogP contribution in [0.4, 0.5) is 0 Å². The second-order valence-electron chi connectivity index (χ2n) is 5.52. The lowest BCUT2D eigenvalue weighted by Crippen LogP contribution is -2.15. The van der Waals surface area contributed by atoms with Gasteiger partial charge in [0.2, 0.25) is 0 Å². The fourth-order valence-electron chi connectivity index (χ4n) is 3.00. The quantitative estimate of drug-likeness (QED) is 0.900. The monoisotopic (exact) mass is 259 g/mol. The van der Waals surface area contributed by atoms with Crippen LogP contribution in [0.15, 0.2) is 18.2 Å². The van der Waals surface area contributed by atoms with Gasteiger partial charge < -0.3 is 5.11 Å². The van der Waals surface area contributed by atoms with E-state index in [1.807, 2.05) is 10.7 Å². The summed E-state index contributed by atoms with van der Waals surface area (Å²) >= 11 is 0. The van der Waals surface area contributed by atoms with Gasteiger partial charge >= 0.3 is 5.97 Å². The van der Waals surface area contributed by atoms with Crippen molar-refractivity contribution in [3.8, 4) is 0 Å². The lowest BCUT2D eigenvalue weighted by molar-refractivity contribution is 0.0697. The van der Waals surface area contributed by atoms with Crippen molar-refractivity contribution in [2.75, 3.05) is 0 Å². The number of hydrogen-bond acceptors (Lipinski definition) is 3. The molecule has 1 aliphatic rings. The number of nitrogens with zero attached hydrogens (tertiary/aromatic N) is 3. The molecule has 0 radical (unpaired) electrons. The summed E-state index contributed by atoms with van der Waals surface area (Å²) < 4.78 is 1.97. The van der Waals surface area contributed by atoms with Gasteiger partial charge in [0.1, 0.15) is 5.52 Å². The maximum atomic E-state index is 10.9. The molecular weight excluding hydrogens is 242 g/mol. The van der Waals surface area contributed by atoms with E-state index in [9.17, 15) is 4.79 Å². The molecule has 2 aromatic rings. The molecule has 1 heterocycles. The molecule has 1 saturated carbocycles. The summed E-state index contributed by atoms with van der Waals surface area (Å²) in [5.41, 5.74) is 1.84. The first kappa shape index (κ1) is 12.1. The minimum absolute atomic E-state index is 0.257. The predicted octanol–water partition coefficient (Wildman–Crippen LogP) is 2.74. The van der Waals surface area contributed by atoms with E-state index in [1.54, 1.807) is 12.1 Å².